The number of nitrogens with one attached hydrogen (secondary N) is 1. The van der Waals surface area contributed by atoms with Gasteiger partial charge < -0.3 is 11.1 Å². The van der Waals surface area contributed by atoms with Gasteiger partial charge in [0.05, 0.1) is 11.4 Å². The summed E-state index contributed by atoms with van der Waals surface area (Å²) < 4.78 is 0. The zero-order valence-corrected chi connectivity index (χ0v) is 12.2. The van der Waals surface area contributed by atoms with Crippen LogP contribution in [0.4, 0.5) is 11.4 Å². The number of nitrogens with zero attached hydrogens (tertiary/aromatic N) is 1. The van der Waals surface area contributed by atoms with Gasteiger partial charge in [0, 0.05) is 12.8 Å². The molecule has 6 nitrogen and oxygen atoms in total. The second-order valence-electron chi connectivity index (χ2n) is 5.47. The second-order valence-corrected chi connectivity index (χ2v) is 5.47. The van der Waals surface area contributed by atoms with E-state index in [2.05, 4.69) is 5.32 Å². The Hall–Kier alpha value is -2.37. The number of rotatable bonds is 3. The van der Waals surface area contributed by atoms with Crippen LogP contribution >= 0.6 is 0 Å². The van der Waals surface area contributed by atoms with E-state index in [-0.39, 0.29) is 24.3 Å². The Labute approximate surface area is 123 Å². The minimum absolute atomic E-state index is 0.0383. The summed E-state index contributed by atoms with van der Waals surface area (Å²) in [6.45, 7) is 3.41. The normalized spacial score (nSPS) is 16.2. The Morgan fingerprint density at radius 1 is 1.33 bits per heavy atom. The third-order valence-electron chi connectivity index (χ3n) is 3.52. The van der Waals surface area contributed by atoms with E-state index in [0.29, 0.717) is 24.2 Å². The van der Waals surface area contributed by atoms with Crippen LogP contribution in [0.15, 0.2) is 18.2 Å². The summed E-state index contributed by atoms with van der Waals surface area (Å²) in [6, 6.07) is 5.30. The molecule has 2 rings (SSSR count). The zero-order valence-electron chi connectivity index (χ0n) is 12.2. The van der Waals surface area contributed by atoms with Crippen molar-refractivity contribution in [3.8, 4) is 0 Å². The molecule has 0 unspecified atom stereocenters. The van der Waals surface area contributed by atoms with Crippen molar-refractivity contribution in [1.82, 2.24) is 4.90 Å². The predicted octanol–water partition coefficient (Wildman–Crippen LogP) is 1.30. The quantitative estimate of drug-likeness (QED) is 0.648. The Morgan fingerprint density at radius 3 is 2.52 bits per heavy atom. The lowest BCUT2D eigenvalue weighted by molar-refractivity contribution is -0.151. The van der Waals surface area contributed by atoms with Crippen LogP contribution in [-0.2, 0) is 14.4 Å². The van der Waals surface area contributed by atoms with E-state index in [1.807, 2.05) is 19.9 Å². The van der Waals surface area contributed by atoms with Crippen molar-refractivity contribution in [2.24, 2.45) is 5.92 Å². The van der Waals surface area contributed by atoms with Gasteiger partial charge in [0.25, 0.3) is 0 Å². The van der Waals surface area contributed by atoms with Crippen molar-refractivity contribution in [3.63, 3.8) is 0 Å². The smallest absolute Gasteiger partial charge is 0.244 e. The van der Waals surface area contributed by atoms with Gasteiger partial charge in [0.2, 0.25) is 17.7 Å². The standard InChI is InChI=1S/C15H19N3O3/c1-9-6-13(20)18(14(21)7-9)8-12(19)17-15-10(2)4-3-5-11(15)16/h3-5,9H,6-8,16H2,1-2H3,(H,17,19). The topological polar surface area (TPSA) is 92.5 Å². The molecule has 6 heteroatoms. The molecule has 21 heavy (non-hydrogen) atoms. The maximum atomic E-state index is 12.0. The van der Waals surface area contributed by atoms with Gasteiger partial charge in [-0.15, -0.1) is 0 Å². The van der Waals surface area contributed by atoms with Crippen LogP contribution in [0, 0.1) is 12.8 Å². The highest BCUT2D eigenvalue weighted by Gasteiger charge is 2.31. The number of nitrogens with two attached hydrogens (primary N) is 1. The van der Waals surface area contributed by atoms with Crippen molar-refractivity contribution < 1.29 is 14.4 Å². The summed E-state index contributed by atoms with van der Waals surface area (Å²) in [5, 5.41) is 2.67. The Morgan fingerprint density at radius 2 is 1.95 bits per heavy atom. The Kier molecular flexibility index (Phi) is 4.26. The number of amides is 3. The van der Waals surface area contributed by atoms with E-state index in [1.165, 1.54) is 0 Å². The van der Waals surface area contributed by atoms with Gasteiger partial charge >= 0.3 is 0 Å². The molecular formula is C15H19N3O3. The molecular weight excluding hydrogens is 270 g/mol. The maximum absolute atomic E-state index is 12.0. The number of likely N-dealkylation sites (tertiary alicyclic amines) is 1. The van der Waals surface area contributed by atoms with Crippen LogP contribution in [0.25, 0.3) is 0 Å². The average Bonchev–Trinajstić information content (AvgIpc) is 2.38. The molecule has 112 valence electrons. The highest BCUT2D eigenvalue weighted by atomic mass is 16.2. The summed E-state index contributed by atoms with van der Waals surface area (Å²) in [7, 11) is 0. The van der Waals surface area contributed by atoms with Crippen molar-refractivity contribution in [1.29, 1.82) is 0 Å². The summed E-state index contributed by atoms with van der Waals surface area (Å²) >= 11 is 0. The molecule has 1 aromatic rings. The molecule has 3 amide bonds. The van der Waals surface area contributed by atoms with E-state index in [4.69, 9.17) is 5.73 Å². The number of nitrogen functional groups attached to an aromatic ring is 1. The summed E-state index contributed by atoms with van der Waals surface area (Å²) in [6.07, 6.45) is 0.594. The van der Waals surface area contributed by atoms with E-state index >= 15 is 0 Å². The van der Waals surface area contributed by atoms with Crippen molar-refractivity contribution >= 4 is 29.1 Å². The lowest BCUT2D eigenvalue weighted by Gasteiger charge is -2.27. The van der Waals surface area contributed by atoms with Crippen molar-refractivity contribution in [2.75, 3.05) is 17.6 Å². The molecule has 1 aromatic carbocycles. The monoisotopic (exact) mass is 289 g/mol. The Balaban J connectivity index is 2.05. The summed E-state index contributed by atoms with van der Waals surface area (Å²) in [5.74, 6) is -0.984. The number of para-hydroxylation sites is 1. The molecule has 1 aliphatic rings. The maximum Gasteiger partial charge on any atom is 0.244 e. The number of carbonyl (C=O) groups excluding carboxylic acids is 3. The van der Waals surface area contributed by atoms with E-state index in [1.54, 1.807) is 12.1 Å². The van der Waals surface area contributed by atoms with Gasteiger partial charge in [-0.2, -0.15) is 0 Å². The summed E-state index contributed by atoms with van der Waals surface area (Å²) in [4.78, 5) is 36.7. The first-order chi connectivity index (χ1) is 9.88. The molecule has 1 aliphatic heterocycles. The van der Waals surface area contributed by atoms with Gasteiger partial charge in [-0.1, -0.05) is 19.1 Å². The predicted molar refractivity (Wildman–Crippen MR) is 79.3 cm³/mol. The van der Waals surface area contributed by atoms with Gasteiger partial charge in [0.1, 0.15) is 6.54 Å². The molecule has 0 bridgehead atoms. The third-order valence-corrected chi connectivity index (χ3v) is 3.52. The first-order valence-corrected chi connectivity index (χ1v) is 6.86. The third kappa shape index (κ3) is 3.39. The van der Waals surface area contributed by atoms with Gasteiger partial charge in [-0.3, -0.25) is 19.3 Å². The largest absolute Gasteiger partial charge is 0.397 e. The lowest BCUT2D eigenvalue weighted by atomic mass is 9.98. The lowest BCUT2D eigenvalue weighted by Crippen LogP contribution is -2.46. The number of hydrogen-bond donors (Lipinski definition) is 2. The molecule has 0 aromatic heterocycles. The van der Waals surface area contributed by atoms with Gasteiger partial charge in [0.15, 0.2) is 0 Å². The molecule has 1 fully saturated rings. The van der Waals surface area contributed by atoms with Crippen LogP contribution in [-0.4, -0.2) is 29.2 Å². The molecule has 0 aliphatic carbocycles. The molecule has 1 saturated heterocycles. The number of piperidine rings is 1. The average molecular weight is 289 g/mol. The van der Waals surface area contributed by atoms with Gasteiger partial charge in [-0.25, -0.2) is 0 Å². The number of imide groups is 1. The van der Waals surface area contributed by atoms with Crippen LogP contribution in [0.1, 0.15) is 25.3 Å². The Bertz CT molecular complexity index is 560. The SMILES string of the molecule is Cc1cccc(N)c1NC(=O)CN1C(=O)CC(C)CC1=O. The number of benzene rings is 1. The van der Waals surface area contributed by atoms with Crippen LogP contribution in [0.3, 0.4) is 0 Å². The number of carbonyl (C=O) groups is 3. The highest BCUT2D eigenvalue weighted by molar-refractivity contribution is 6.04. The van der Waals surface area contributed by atoms with Gasteiger partial charge in [-0.05, 0) is 24.5 Å². The number of anilines is 2. The van der Waals surface area contributed by atoms with Crippen molar-refractivity contribution in [2.45, 2.75) is 26.7 Å². The molecule has 0 atom stereocenters. The molecule has 1 heterocycles. The van der Waals surface area contributed by atoms with Crippen molar-refractivity contribution in [3.05, 3.63) is 23.8 Å². The highest BCUT2D eigenvalue weighted by Crippen LogP contribution is 2.23. The fourth-order valence-electron chi connectivity index (χ4n) is 2.39. The zero-order chi connectivity index (χ0) is 15.6. The molecule has 0 saturated carbocycles. The first-order valence-electron chi connectivity index (χ1n) is 6.86. The van der Waals surface area contributed by atoms with E-state index < -0.39 is 5.91 Å². The molecule has 0 radical (unpaired) electrons. The van der Waals surface area contributed by atoms with E-state index in [0.717, 1.165) is 10.5 Å². The van der Waals surface area contributed by atoms with Crippen LogP contribution in [0.5, 0.6) is 0 Å². The fraction of sp³-hybridized carbons (Fsp3) is 0.400. The van der Waals surface area contributed by atoms with E-state index in [9.17, 15) is 14.4 Å². The first kappa shape index (κ1) is 15.0. The number of hydrogen-bond acceptors (Lipinski definition) is 4. The minimum Gasteiger partial charge on any atom is -0.397 e. The minimum atomic E-state index is -0.424. The summed E-state index contributed by atoms with van der Waals surface area (Å²) in [5.41, 5.74) is 7.61. The molecule has 0 spiro atoms. The van der Waals surface area contributed by atoms with Crippen LogP contribution in [0.2, 0.25) is 0 Å². The van der Waals surface area contributed by atoms with Crippen LogP contribution < -0.4 is 11.1 Å². The number of aryl methyl sites for hydroxylation is 1. The fourth-order valence-corrected chi connectivity index (χ4v) is 2.39. The second kappa shape index (κ2) is 5.95. The molecule has 3 N–H and O–H groups in total.